The Kier molecular flexibility index (Phi) is 4.74. The molecular formula is C14H14BrN3O3. The number of aryl methyl sites for hydroxylation is 1. The number of ether oxygens (including phenoxy) is 1. The number of nitrogens with one attached hydrogen (secondary N) is 1. The minimum atomic E-state index is -0.721. The van der Waals surface area contributed by atoms with Gasteiger partial charge < -0.3 is 10.1 Å². The minimum Gasteiger partial charge on any atom is -0.467 e. The van der Waals surface area contributed by atoms with Crippen LogP contribution in [0.1, 0.15) is 11.6 Å². The van der Waals surface area contributed by atoms with Crippen molar-refractivity contribution in [2.75, 3.05) is 12.4 Å². The fraction of sp³-hybridized carbons (Fsp3) is 0.214. The molecule has 1 aromatic carbocycles. The van der Waals surface area contributed by atoms with E-state index in [1.807, 2.05) is 18.2 Å². The second-order valence-electron chi connectivity index (χ2n) is 4.31. The van der Waals surface area contributed by atoms with E-state index in [1.165, 1.54) is 18.0 Å². The third-order valence-electron chi connectivity index (χ3n) is 2.95. The third kappa shape index (κ3) is 3.30. The third-order valence-corrected chi connectivity index (χ3v) is 3.71. The molecule has 21 heavy (non-hydrogen) atoms. The van der Waals surface area contributed by atoms with Gasteiger partial charge in [0.25, 0.3) is 5.56 Å². The highest BCUT2D eigenvalue weighted by molar-refractivity contribution is 9.10. The minimum absolute atomic E-state index is 0.295. The van der Waals surface area contributed by atoms with Gasteiger partial charge in [-0.2, -0.15) is 5.10 Å². The molecule has 0 bridgehead atoms. The van der Waals surface area contributed by atoms with Crippen LogP contribution in [0.25, 0.3) is 0 Å². The van der Waals surface area contributed by atoms with E-state index in [9.17, 15) is 9.59 Å². The van der Waals surface area contributed by atoms with Crippen LogP contribution in [-0.2, 0) is 16.6 Å². The quantitative estimate of drug-likeness (QED) is 0.851. The summed E-state index contributed by atoms with van der Waals surface area (Å²) < 4.78 is 6.32. The number of hydrogen-bond donors (Lipinski definition) is 1. The number of halogens is 1. The molecule has 0 aliphatic carbocycles. The summed E-state index contributed by atoms with van der Waals surface area (Å²) in [5.74, 6) is -0.450. The lowest BCUT2D eigenvalue weighted by atomic mass is 10.1. The first-order valence-electron chi connectivity index (χ1n) is 6.15. The van der Waals surface area contributed by atoms with Crippen LogP contribution in [0, 0.1) is 0 Å². The lowest BCUT2D eigenvalue weighted by Gasteiger charge is -2.18. The van der Waals surface area contributed by atoms with Crippen molar-refractivity contribution in [3.8, 4) is 0 Å². The Bertz CT molecular complexity index is 700. The normalized spacial score (nSPS) is 11.8. The zero-order valence-electron chi connectivity index (χ0n) is 11.5. The molecule has 0 fully saturated rings. The number of benzene rings is 1. The van der Waals surface area contributed by atoms with Crippen LogP contribution >= 0.6 is 15.9 Å². The molecule has 0 spiro atoms. The van der Waals surface area contributed by atoms with E-state index >= 15 is 0 Å². The summed E-state index contributed by atoms with van der Waals surface area (Å²) >= 11 is 3.22. The number of methoxy groups -OCH3 is 1. The molecule has 0 amide bonds. The highest BCUT2D eigenvalue weighted by Gasteiger charge is 2.22. The van der Waals surface area contributed by atoms with E-state index in [4.69, 9.17) is 4.74 Å². The summed E-state index contributed by atoms with van der Waals surface area (Å²) in [6.45, 7) is 0. The van der Waals surface area contributed by atoms with Crippen molar-refractivity contribution >= 4 is 27.6 Å². The highest BCUT2D eigenvalue weighted by Crippen LogP contribution is 2.24. The first kappa shape index (κ1) is 15.2. The predicted molar refractivity (Wildman–Crippen MR) is 82.0 cm³/mol. The van der Waals surface area contributed by atoms with E-state index in [1.54, 1.807) is 19.2 Å². The molecule has 1 unspecified atom stereocenters. The maximum atomic E-state index is 12.0. The van der Waals surface area contributed by atoms with Crippen molar-refractivity contribution in [1.82, 2.24) is 9.78 Å². The standard InChI is InChI=1S/C14H14BrN3O3/c1-18-13(19)11(15)10(8-16-18)17-12(14(20)21-2)9-6-4-3-5-7-9/h3-8,12,17H,1-2H3. The SMILES string of the molecule is COC(=O)C(Nc1cnn(C)c(=O)c1Br)c1ccccc1. The number of hydrogen-bond acceptors (Lipinski definition) is 5. The molecule has 1 aromatic heterocycles. The van der Waals surface area contributed by atoms with Gasteiger partial charge in [0.15, 0.2) is 6.04 Å². The lowest BCUT2D eigenvalue weighted by Crippen LogP contribution is -2.26. The summed E-state index contributed by atoms with van der Waals surface area (Å²) in [6.07, 6.45) is 1.48. The fourth-order valence-corrected chi connectivity index (χ4v) is 2.28. The molecule has 110 valence electrons. The van der Waals surface area contributed by atoms with Gasteiger partial charge in [-0.05, 0) is 21.5 Å². The molecule has 1 N–H and O–H groups in total. The number of rotatable bonds is 4. The Hall–Kier alpha value is -2.15. The largest absolute Gasteiger partial charge is 0.467 e. The van der Waals surface area contributed by atoms with Gasteiger partial charge >= 0.3 is 5.97 Å². The highest BCUT2D eigenvalue weighted by atomic mass is 79.9. The maximum absolute atomic E-state index is 12.0. The molecule has 7 heteroatoms. The van der Waals surface area contributed by atoms with E-state index < -0.39 is 12.0 Å². The number of esters is 1. The van der Waals surface area contributed by atoms with Crippen LogP contribution in [0.15, 0.2) is 45.8 Å². The van der Waals surface area contributed by atoms with Crippen LogP contribution in [0.2, 0.25) is 0 Å². The van der Waals surface area contributed by atoms with E-state index in [-0.39, 0.29) is 5.56 Å². The van der Waals surface area contributed by atoms with Gasteiger partial charge in [-0.1, -0.05) is 30.3 Å². The molecule has 2 rings (SSSR count). The Morgan fingerprint density at radius 3 is 2.67 bits per heavy atom. The van der Waals surface area contributed by atoms with Gasteiger partial charge in [0.05, 0.1) is 19.0 Å². The van der Waals surface area contributed by atoms with E-state index in [0.717, 1.165) is 5.56 Å². The van der Waals surface area contributed by atoms with Crippen molar-refractivity contribution in [2.45, 2.75) is 6.04 Å². The monoisotopic (exact) mass is 351 g/mol. The summed E-state index contributed by atoms with van der Waals surface area (Å²) in [5.41, 5.74) is 0.867. The summed E-state index contributed by atoms with van der Waals surface area (Å²) in [4.78, 5) is 23.8. The molecular weight excluding hydrogens is 338 g/mol. The summed E-state index contributed by atoms with van der Waals surface area (Å²) in [5, 5.41) is 6.92. The summed E-state index contributed by atoms with van der Waals surface area (Å²) in [6, 6.07) is 8.39. The Morgan fingerprint density at radius 2 is 2.05 bits per heavy atom. The number of aromatic nitrogens is 2. The summed E-state index contributed by atoms with van der Waals surface area (Å²) in [7, 11) is 2.86. The van der Waals surface area contributed by atoms with Gasteiger partial charge in [0.1, 0.15) is 4.47 Å². The Balaban J connectivity index is 2.39. The fourth-order valence-electron chi connectivity index (χ4n) is 1.81. The second-order valence-corrected chi connectivity index (χ2v) is 5.11. The van der Waals surface area contributed by atoms with Gasteiger partial charge in [0.2, 0.25) is 0 Å². The maximum Gasteiger partial charge on any atom is 0.332 e. The van der Waals surface area contributed by atoms with Crippen molar-refractivity contribution in [2.24, 2.45) is 7.05 Å². The zero-order valence-corrected chi connectivity index (χ0v) is 13.1. The molecule has 0 radical (unpaired) electrons. The molecule has 2 aromatic rings. The average molecular weight is 352 g/mol. The van der Waals surface area contributed by atoms with Gasteiger partial charge in [-0.25, -0.2) is 9.48 Å². The average Bonchev–Trinajstić information content (AvgIpc) is 2.52. The number of carbonyl (C=O) groups is 1. The zero-order chi connectivity index (χ0) is 15.4. The van der Waals surface area contributed by atoms with Crippen LogP contribution in [0.3, 0.4) is 0 Å². The van der Waals surface area contributed by atoms with Crippen LogP contribution < -0.4 is 10.9 Å². The van der Waals surface area contributed by atoms with Crippen molar-refractivity contribution in [1.29, 1.82) is 0 Å². The molecule has 6 nitrogen and oxygen atoms in total. The van der Waals surface area contributed by atoms with Gasteiger partial charge in [0, 0.05) is 7.05 Å². The van der Waals surface area contributed by atoms with Gasteiger partial charge in [-0.3, -0.25) is 4.79 Å². The second kappa shape index (κ2) is 6.53. The first-order chi connectivity index (χ1) is 10.0. The van der Waals surface area contributed by atoms with Crippen LogP contribution in [0.4, 0.5) is 5.69 Å². The smallest absolute Gasteiger partial charge is 0.332 e. The molecule has 0 saturated heterocycles. The molecule has 1 heterocycles. The van der Waals surface area contributed by atoms with Crippen molar-refractivity contribution in [3.05, 3.63) is 56.9 Å². The van der Waals surface area contributed by atoms with Crippen LogP contribution in [0.5, 0.6) is 0 Å². The number of carbonyl (C=O) groups excluding carboxylic acids is 1. The molecule has 0 saturated carbocycles. The molecule has 1 atom stereocenters. The molecule has 0 aliphatic rings. The van der Waals surface area contributed by atoms with Crippen LogP contribution in [-0.4, -0.2) is 22.9 Å². The van der Waals surface area contributed by atoms with E-state index in [2.05, 4.69) is 26.3 Å². The van der Waals surface area contributed by atoms with Crippen molar-refractivity contribution in [3.63, 3.8) is 0 Å². The topological polar surface area (TPSA) is 73.2 Å². The van der Waals surface area contributed by atoms with Gasteiger partial charge in [-0.15, -0.1) is 0 Å². The first-order valence-corrected chi connectivity index (χ1v) is 6.95. The lowest BCUT2D eigenvalue weighted by molar-refractivity contribution is -0.141. The van der Waals surface area contributed by atoms with E-state index in [0.29, 0.717) is 10.2 Å². The Morgan fingerprint density at radius 1 is 1.38 bits per heavy atom. The Labute approximate surface area is 129 Å². The van der Waals surface area contributed by atoms with Crippen molar-refractivity contribution < 1.29 is 9.53 Å². The molecule has 0 aliphatic heterocycles. The predicted octanol–water partition coefficient (Wildman–Crippen LogP) is 1.87. The number of nitrogens with zero attached hydrogens (tertiary/aromatic N) is 2. The number of anilines is 1.